The number of aryl methyl sites for hydroxylation is 1. The molecule has 0 saturated carbocycles. The van der Waals surface area contributed by atoms with Gasteiger partial charge < -0.3 is 20.3 Å². The summed E-state index contributed by atoms with van der Waals surface area (Å²) in [6.45, 7) is 1.61. The summed E-state index contributed by atoms with van der Waals surface area (Å²) in [4.78, 5) is 28.0. The Balaban J connectivity index is 1.57. The summed E-state index contributed by atoms with van der Waals surface area (Å²) in [6, 6.07) is 23.6. The van der Waals surface area contributed by atoms with E-state index in [4.69, 9.17) is 4.74 Å². The van der Waals surface area contributed by atoms with Crippen molar-refractivity contribution >= 4 is 21.8 Å². The lowest BCUT2D eigenvalue weighted by Crippen LogP contribution is -2.55. The van der Waals surface area contributed by atoms with Crippen LogP contribution in [0.25, 0.3) is 0 Å². The molecule has 1 saturated heterocycles. The number of rotatable bonds is 11. The molecule has 2 atom stereocenters. The molecule has 1 fully saturated rings. The van der Waals surface area contributed by atoms with Gasteiger partial charge in [0.25, 0.3) is 0 Å². The highest BCUT2D eigenvalue weighted by Crippen LogP contribution is 2.21. The molecule has 1 aliphatic heterocycles. The summed E-state index contributed by atoms with van der Waals surface area (Å²) < 4.78 is 46.4. The van der Waals surface area contributed by atoms with Crippen LogP contribution < -0.4 is 10.6 Å². The first kappa shape index (κ1) is 30.0. The molecule has 0 aliphatic carbocycles. The smallest absolute Gasteiger partial charge is 0.318 e. The van der Waals surface area contributed by atoms with Crippen LogP contribution in [0.1, 0.15) is 17.5 Å². The lowest BCUT2D eigenvalue weighted by molar-refractivity contribution is -0.123. The highest BCUT2D eigenvalue weighted by Gasteiger charge is 2.28. The minimum Gasteiger partial charge on any atom is -0.378 e. The molecule has 0 spiro atoms. The molecule has 0 bridgehead atoms. The summed E-state index contributed by atoms with van der Waals surface area (Å²) in [5, 5.41) is 4.25. The van der Waals surface area contributed by atoms with Crippen LogP contribution in [0, 0.1) is 0 Å². The summed E-state index contributed by atoms with van der Waals surface area (Å²) >= 11 is 0. The maximum absolute atomic E-state index is 15.3. The van der Waals surface area contributed by atoms with E-state index in [1.165, 1.54) is 24.3 Å². The highest BCUT2D eigenvalue weighted by atomic mass is 32.2. The van der Waals surface area contributed by atoms with E-state index in [1.54, 1.807) is 11.0 Å². The fourth-order valence-corrected chi connectivity index (χ4v) is 5.56. The third kappa shape index (κ3) is 8.73. The topological polar surface area (TPSA) is 105 Å². The molecule has 0 aromatic heterocycles. The van der Waals surface area contributed by atoms with E-state index in [2.05, 4.69) is 10.6 Å². The second kappa shape index (κ2) is 14.6. The molecule has 1 heterocycles. The number of sulfone groups is 1. The Morgan fingerprint density at radius 2 is 1.41 bits per heavy atom. The number of morpholine rings is 1. The minimum atomic E-state index is -4.40. The van der Waals surface area contributed by atoms with E-state index < -0.39 is 39.0 Å². The zero-order valence-electron chi connectivity index (χ0n) is 22.6. The van der Waals surface area contributed by atoms with Crippen LogP contribution in [0.15, 0.2) is 107 Å². The van der Waals surface area contributed by atoms with Crippen LogP contribution in [0.4, 0.5) is 9.18 Å². The van der Waals surface area contributed by atoms with Crippen LogP contribution in [0.5, 0.6) is 0 Å². The number of benzene rings is 3. The number of nitrogens with zero attached hydrogens (tertiary/aromatic N) is 1. The number of nitrogens with one attached hydrogen (secondary N) is 2. The third-order valence-electron chi connectivity index (χ3n) is 6.75. The van der Waals surface area contributed by atoms with E-state index in [-0.39, 0.29) is 17.7 Å². The number of hydrogen-bond donors (Lipinski definition) is 2. The molecule has 4 rings (SSSR count). The number of halogens is 1. The first-order valence-corrected chi connectivity index (χ1v) is 15.0. The average Bonchev–Trinajstić information content (AvgIpc) is 3.01. The Hall–Kier alpha value is -4.02. The molecular weight excluding hydrogens is 545 g/mol. The molecule has 10 heteroatoms. The Kier molecular flexibility index (Phi) is 10.6. The zero-order valence-corrected chi connectivity index (χ0v) is 23.4. The van der Waals surface area contributed by atoms with Crippen molar-refractivity contribution < 1.29 is 27.1 Å². The average molecular weight is 580 g/mol. The van der Waals surface area contributed by atoms with E-state index >= 15 is 4.39 Å². The van der Waals surface area contributed by atoms with Crippen molar-refractivity contribution in [2.45, 2.75) is 36.2 Å². The number of hydrogen-bond acceptors (Lipinski definition) is 5. The van der Waals surface area contributed by atoms with Gasteiger partial charge in [0, 0.05) is 19.5 Å². The molecule has 8 nitrogen and oxygen atoms in total. The first-order valence-electron chi connectivity index (χ1n) is 13.5. The summed E-state index contributed by atoms with van der Waals surface area (Å²) in [5.41, 5.74) is 1.78. The lowest BCUT2D eigenvalue weighted by Gasteiger charge is -2.29. The largest absolute Gasteiger partial charge is 0.378 e. The van der Waals surface area contributed by atoms with Crippen molar-refractivity contribution in [2.75, 3.05) is 26.3 Å². The molecule has 41 heavy (non-hydrogen) atoms. The molecule has 3 aromatic rings. The van der Waals surface area contributed by atoms with E-state index in [9.17, 15) is 18.0 Å². The fraction of sp³-hybridized carbons (Fsp3) is 0.290. The van der Waals surface area contributed by atoms with Gasteiger partial charge in [0.15, 0.2) is 0 Å². The van der Waals surface area contributed by atoms with Crippen molar-refractivity contribution in [1.29, 1.82) is 0 Å². The number of carbonyl (C=O) groups is 2. The van der Waals surface area contributed by atoms with Crippen LogP contribution in [-0.4, -0.2) is 63.6 Å². The van der Waals surface area contributed by atoms with Gasteiger partial charge in [-0.2, -0.15) is 4.39 Å². The normalized spacial score (nSPS) is 15.5. The molecular formula is C31H34FN3O5S. The monoisotopic (exact) mass is 579 g/mol. The zero-order chi connectivity index (χ0) is 29.1. The van der Waals surface area contributed by atoms with Crippen LogP contribution in [0.2, 0.25) is 0 Å². The predicted molar refractivity (Wildman–Crippen MR) is 154 cm³/mol. The van der Waals surface area contributed by atoms with Gasteiger partial charge in [-0.25, -0.2) is 13.2 Å². The van der Waals surface area contributed by atoms with Crippen LogP contribution in [-0.2, 0) is 32.2 Å². The first-order chi connectivity index (χ1) is 19.8. The minimum absolute atomic E-state index is 0.179. The number of amides is 3. The van der Waals surface area contributed by atoms with Crippen molar-refractivity contribution in [1.82, 2.24) is 15.5 Å². The summed E-state index contributed by atoms with van der Waals surface area (Å²) in [5.74, 6) is -0.547. The second-order valence-electron chi connectivity index (χ2n) is 9.72. The number of urea groups is 1. The van der Waals surface area contributed by atoms with Gasteiger partial charge in [0.1, 0.15) is 6.04 Å². The molecule has 0 radical (unpaired) electrons. The van der Waals surface area contributed by atoms with Crippen LogP contribution >= 0.6 is 0 Å². The van der Waals surface area contributed by atoms with Gasteiger partial charge in [0.05, 0.1) is 24.2 Å². The van der Waals surface area contributed by atoms with Gasteiger partial charge in [-0.3, -0.25) is 4.79 Å². The van der Waals surface area contributed by atoms with Gasteiger partial charge in [-0.1, -0.05) is 78.9 Å². The van der Waals surface area contributed by atoms with Crippen molar-refractivity contribution in [2.24, 2.45) is 0 Å². The Morgan fingerprint density at radius 3 is 2.02 bits per heavy atom. The maximum atomic E-state index is 15.3. The van der Waals surface area contributed by atoms with Crippen molar-refractivity contribution in [3.8, 4) is 0 Å². The summed E-state index contributed by atoms with van der Waals surface area (Å²) in [6.07, 6.45) is 1.84. The Labute approximate surface area is 240 Å². The Morgan fingerprint density at radius 1 is 0.854 bits per heavy atom. The maximum Gasteiger partial charge on any atom is 0.318 e. The van der Waals surface area contributed by atoms with Crippen LogP contribution in [0.3, 0.4) is 0 Å². The predicted octanol–water partition coefficient (Wildman–Crippen LogP) is 4.04. The fourth-order valence-electron chi connectivity index (χ4n) is 4.47. The van der Waals surface area contributed by atoms with E-state index in [0.717, 1.165) is 17.2 Å². The second-order valence-corrected chi connectivity index (χ2v) is 11.6. The van der Waals surface area contributed by atoms with E-state index in [1.807, 2.05) is 60.7 Å². The third-order valence-corrected chi connectivity index (χ3v) is 8.29. The standard InChI is InChI=1S/C31H34FN3O5S/c32-29(41(38,39)27-14-8-3-9-15-27)23-26(17-16-24-10-4-1-5-11-24)33-30(36)28(22-25-12-6-2-7-13-25)34-31(37)35-18-20-40-21-19-35/h1-15,23,26,28H,16-22H2,(H,33,36)(H,34,37)/b29-23-/t26-,28?/m0/s1. The molecule has 2 N–H and O–H groups in total. The quantitative estimate of drug-likeness (QED) is 0.357. The highest BCUT2D eigenvalue weighted by molar-refractivity contribution is 7.95. The lowest BCUT2D eigenvalue weighted by atomic mass is 10.0. The van der Waals surface area contributed by atoms with E-state index in [0.29, 0.717) is 32.7 Å². The Bertz CT molecular complexity index is 1410. The SMILES string of the molecule is O=C(N[C@H](/C=C(/F)S(=O)(=O)c1ccccc1)CCc1ccccc1)C(Cc1ccccc1)NC(=O)N1CCOCC1. The van der Waals surface area contributed by atoms with Gasteiger partial charge in [0.2, 0.25) is 20.9 Å². The molecule has 3 aromatic carbocycles. The van der Waals surface area contributed by atoms with Gasteiger partial charge in [-0.05, 0) is 42.2 Å². The number of ether oxygens (including phenoxy) is 1. The van der Waals surface area contributed by atoms with Gasteiger partial charge >= 0.3 is 6.03 Å². The molecule has 216 valence electrons. The van der Waals surface area contributed by atoms with Crippen molar-refractivity contribution in [3.05, 3.63) is 113 Å². The molecule has 3 amide bonds. The molecule has 1 aliphatic rings. The summed E-state index contributed by atoms with van der Waals surface area (Å²) in [7, 11) is -4.40. The number of carbonyl (C=O) groups excluding carboxylic acids is 2. The molecule has 1 unspecified atom stereocenters. The van der Waals surface area contributed by atoms with Crippen molar-refractivity contribution in [3.63, 3.8) is 0 Å². The van der Waals surface area contributed by atoms with Gasteiger partial charge in [-0.15, -0.1) is 0 Å².